The molecule has 7 heteroatoms. The van der Waals surface area contributed by atoms with E-state index in [4.69, 9.17) is 4.74 Å². The minimum Gasteiger partial charge on any atom is -0.497 e. The number of nitrogens with zero attached hydrogens (tertiary/aromatic N) is 4. The van der Waals surface area contributed by atoms with Gasteiger partial charge in [-0.3, -0.25) is 9.59 Å². The molecular formula is C19H24N4O3. The van der Waals surface area contributed by atoms with Gasteiger partial charge in [0.2, 0.25) is 0 Å². The van der Waals surface area contributed by atoms with E-state index >= 15 is 0 Å². The van der Waals surface area contributed by atoms with E-state index in [2.05, 4.69) is 10.00 Å². The highest BCUT2D eigenvalue weighted by atomic mass is 16.5. The van der Waals surface area contributed by atoms with Gasteiger partial charge in [-0.15, -0.1) is 0 Å². The summed E-state index contributed by atoms with van der Waals surface area (Å²) < 4.78 is 6.53. The number of carbonyl (C=O) groups is 1. The second-order valence-electron chi connectivity index (χ2n) is 6.57. The number of hydrogen-bond acceptors (Lipinski definition) is 5. The summed E-state index contributed by atoms with van der Waals surface area (Å²) in [7, 11) is 1.65. The van der Waals surface area contributed by atoms with Gasteiger partial charge in [0.05, 0.1) is 13.2 Å². The van der Waals surface area contributed by atoms with E-state index in [0.29, 0.717) is 18.8 Å². The Bertz CT molecular complexity index is 821. The van der Waals surface area contributed by atoms with Crippen LogP contribution in [0.2, 0.25) is 0 Å². The molecule has 1 saturated heterocycles. The van der Waals surface area contributed by atoms with E-state index in [1.165, 1.54) is 16.8 Å². The van der Waals surface area contributed by atoms with Gasteiger partial charge in [0.25, 0.3) is 11.5 Å². The molecule has 1 fully saturated rings. The Morgan fingerprint density at radius 2 is 1.69 bits per heavy atom. The molecule has 2 aromatic rings. The fourth-order valence-corrected chi connectivity index (χ4v) is 3.03. The highest BCUT2D eigenvalue weighted by Gasteiger charge is 2.24. The first kappa shape index (κ1) is 18.0. The van der Waals surface area contributed by atoms with Gasteiger partial charge < -0.3 is 14.5 Å². The van der Waals surface area contributed by atoms with Crippen LogP contribution in [0.25, 0.3) is 0 Å². The molecule has 138 valence electrons. The first-order valence-corrected chi connectivity index (χ1v) is 8.77. The summed E-state index contributed by atoms with van der Waals surface area (Å²) in [6.45, 7) is 6.48. The van der Waals surface area contributed by atoms with Crippen LogP contribution in [0, 0.1) is 0 Å². The predicted molar refractivity (Wildman–Crippen MR) is 100.0 cm³/mol. The second kappa shape index (κ2) is 7.59. The lowest BCUT2D eigenvalue weighted by Crippen LogP contribution is -2.49. The largest absolute Gasteiger partial charge is 0.497 e. The number of aromatic nitrogens is 2. The van der Waals surface area contributed by atoms with Gasteiger partial charge >= 0.3 is 0 Å². The molecule has 1 aliphatic rings. The third-order valence-electron chi connectivity index (χ3n) is 4.54. The number of piperazine rings is 1. The van der Waals surface area contributed by atoms with Crippen molar-refractivity contribution in [2.75, 3.05) is 38.2 Å². The zero-order chi connectivity index (χ0) is 18.7. The van der Waals surface area contributed by atoms with Crippen molar-refractivity contribution in [1.29, 1.82) is 0 Å². The highest BCUT2D eigenvalue weighted by molar-refractivity contribution is 5.92. The molecule has 26 heavy (non-hydrogen) atoms. The van der Waals surface area contributed by atoms with Crippen LogP contribution in [0.3, 0.4) is 0 Å². The van der Waals surface area contributed by atoms with Crippen molar-refractivity contribution in [3.05, 3.63) is 52.4 Å². The van der Waals surface area contributed by atoms with Gasteiger partial charge in [-0.2, -0.15) is 5.10 Å². The van der Waals surface area contributed by atoms with Crippen LogP contribution in [0.4, 0.5) is 5.69 Å². The lowest BCUT2D eigenvalue weighted by Gasteiger charge is -2.36. The topological polar surface area (TPSA) is 67.7 Å². The standard InChI is InChI=1S/C19H24N4O3/c1-14(2)23-18(24)9-8-17(20-23)19(25)22-12-10-21(11-13-22)15-4-6-16(26-3)7-5-15/h4-9,14H,10-13H2,1-3H3. The number of benzene rings is 1. The number of amides is 1. The summed E-state index contributed by atoms with van der Waals surface area (Å²) in [5.41, 5.74) is 1.24. The third-order valence-corrected chi connectivity index (χ3v) is 4.54. The first-order valence-electron chi connectivity index (χ1n) is 8.77. The quantitative estimate of drug-likeness (QED) is 0.836. The van der Waals surface area contributed by atoms with E-state index in [9.17, 15) is 9.59 Å². The van der Waals surface area contributed by atoms with Crippen LogP contribution in [0.15, 0.2) is 41.2 Å². The number of rotatable bonds is 4. The molecule has 0 spiro atoms. The first-order chi connectivity index (χ1) is 12.5. The molecule has 2 heterocycles. The SMILES string of the molecule is COc1ccc(N2CCN(C(=O)c3ccc(=O)n(C(C)C)n3)CC2)cc1. The second-order valence-corrected chi connectivity index (χ2v) is 6.57. The van der Waals surface area contributed by atoms with Gasteiger partial charge in [-0.25, -0.2) is 4.68 Å². The van der Waals surface area contributed by atoms with E-state index in [1.807, 2.05) is 38.1 Å². The lowest BCUT2D eigenvalue weighted by molar-refractivity contribution is 0.0737. The van der Waals surface area contributed by atoms with Crippen molar-refractivity contribution in [2.45, 2.75) is 19.9 Å². The van der Waals surface area contributed by atoms with Gasteiger partial charge in [-0.05, 0) is 44.2 Å². The monoisotopic (exact) mass is 356 g/mol. The van der Waals surface area contributed by atoms with Crippen LogP contribution < -0.4 is 15.2 Å². The third kappa shape index (κ3) is 3.71. The molecule has 1 amide bonds. The maximum atomic E-state index is 12.7. The number of methoxy groups -OCH3 is 1. The molecule has 0 aliphatic carbocycles. The Morgan fingerprint density at radius 3 is 2.27 bits per heavy atom. The van der Waals surface area contributed by atoms with Gasteiger partial charge in [0, 0.05) is 37.9 Å². The molecule has 0 atom stereocenters. The molecule has 1 aliphatic heterocycles. The van der Waals surface area contributed by atoms with Gasteiger partial charge in [0.15, 0.2) is 0 Å². The van der Waals surface area contributed by atoms with Gasteiger partial charge in [-0.1, -0.05) is 0 Å². The lowest BCUT2D eigenvalue weighted by atomic mass is 10.2. The molecule has 0 N–H and O–H groups in total. The number of ether oxygens (including phenoxy) is 1. The summed E-state index contributed by atoms with van der Waals surface area (Å²) >= 11 is 0. The molecule has 7 nitrogen and oxygen atoms in total. The van der Waals surface area contributed by atoms with Crippen LogP contribution in [0.1, 0.15) is 30.4 Å². The summed E-state index contributed by atoms with van der Waals surface area (Å²) in [6, 6.07) is 10.8. The number of anilines is 1. The predicted octanol–water partition coefficient (Wildman–Crippen LogP) is 1.80. The Balaban J connectivity index is 1.66. The van der Waals surface area contributed by atoms with Crippen molar-refractivity contribution < 1.29 is 9.53 Å². The van der Waals surface area contributed by atoms with Crippen molar-refractivity contribution in [3.8, 4) is 5.75 Å². The highest BCUT2D eigenvalue weighted by Crippen LogP contribution is 2.20. The smallest absolute Gasteiger partial charge is 0.274 e. The minimum atomic E-state index is -0.194. The van der Waals surface area contributed by atoms with E-state index < -0.39 is 0 Å². The van der Waals surface area contributed by atoms with E-state index in [-0.39, 0.29) is 17.5 Å². The van der Waals surface area contributed by atoms with E-state index in [0.717, 1.165) is 24.5 Å². The molecule has 0 unspecified atom stereocenters. The molecule has 0 saturated carbocycles. The van der Waals surface area contributed by atoms with Crippen LogP contribution in [-0.2, 0) is 0 Å². The van der Waals surface area contributed by atoms with Crippen LogP contribution in [0.5, 0.6) is 5.75 Å². The van der Waals surface area contributed by atoms with Crippen molar-refractivity contribution in [1.82, 2.24) is 14.7 Å². The Labute approximate surface area is 152 Å². The minimum absolute atomic E-state index is 0.0813. The maximum absolute atomic E-state index is 12.7. The fourth-order valence-electron chi connectivity index (χ4n) is 3.03. The molecule has 0 bridgehead atoms. The Kier molecular flexibility index (Phi) is 5.25. The molecule has 3 rings (SSSR count). The molecule has 1 aromatic heterocycles. The van der Waals surface area contributed by atoms with Crippen LogP contribution in [-0.4, -0.2) is 53.9 Å². The van der Waals surface area contributed by atoms with Gasteiger partial charge in [0.1, 0.15) is 11.4 Å². The summed E-state index contributed by atoms with van der Waals surface area (Å²) in [5, 5.41) is 4.23. The van der Waals surface area contributed by atoms with Crippen molar-refractivity contribution >= 4 is 11.6 Å². The zero-order valence-corrected chi connectivity index (χ0v) is 15.4. The zero-order valence-electron chi connectivity index (χ0n) is 15.4. The Morgan fingerprint density at radius 1 is 1.04 bits per heavy atom. The molecular weight excluding hydrogens is 332 g/mol. The van der Waals surface area contributed by atoms with Crippen molar-refractivity contribution in [2.24, 2.45) is 0 Å². The normalized spacial score (nSPS) is 14.6. The summed E-state index contributed by atoms with van der Waals surface area (Å²) in [5.74, 6) is 0.697. The number of hydrogen-bond donors (Lipinski definition) is 0. The average Bonchev–Trinajstić information content (AvgIpc) is 2.68. The molecule has 1 aromatic carbocycles. The average molecular weight is 356 g/mol. The summed E-state index contributed by atoms with van der Waals surface area (Å²) in [4.78, 5) is 28.6. The van der Waals surface area contributed by atoms with E-state index in [1.54, 1.807) is 12.0 Å². The summed E-state index contributed by atoms with van der Waals surface area (Å²) in [6.07, 6.45) is 0. The Hall–Kier alpha value is -2.83. The fraction of sp³-hybridized carbons (Fsp3) is 0.421. The van der Waals surface area contributed by atoms with Crippen molar-refractivity contribution in [3.63, 3.8) is 0 Å². The number of carbonyl (C=O) groups excluding carboxylic acids is 1. The van der Waals surface area contributed by atoms with Crippen LogP contribution >= 0.6 is 0 Å². The maximum Gasteiger partial charge on any atom is 0.274 e. The molecule has 0 radical (unpaired) electrons.